The molecule has 1 spiro atoms. The van der Waals surface area contributed by atoms with Crippen LogP contribution in [0.2, 0.25) is 0 Å². The number of nitrogens with zero attached hydrogens (tertiary/aromatic N) is 1. The van der Waals surface area contributed by atoms with E-state index in [9.17, 15) is 22.8 Å². The molecule has 1 aromatic carbocycles. The van der Waals surface area contributed by atoms with E-state index in [1.165, 1.54) is 24.3 Å². The standard InChI is InChI=1S/C26H32F3NO4/c1-16-14-21-24-11-7-13-30(21)12-6-10-18(24)20(31)15-19(24)22(16)34-23(32)25(33-2,26(27,28)29)17-8-4-3-5-9-17/h3-5,8-9,16,18-19,21-22H,6-7,10-15H2,1-2H3/t16-,18+,19+,21-,22-,24+,25+/m0/s1. The number of halogens is 3. The molecule has 2 saturated carbocycles. The summed E-state index contributed by atoms with van der Waals surface area (Å²) >= 11 is 0. The van der Waals surface area contributed by atoms with Crippen molar-refractivity contribution in [3.63, 3.8) is 0 Å². The van der Waals surface area contributed by atoms with Gasteiger partial charge >= 0.3 is 12.1 Å². The van der Waals surface area contributed by atoms with E-state index >= 15 is 0 Å². The molecule has 2 aliphatic carbocycles. The minimum atomic E-state index is -5.02. The third-order valence-corrected chi connectivity index (χ3v) is 9.17. The van der Waals surface area contributed by atoms with Gasteiger partial charge in [0.2, 0.25) is 0 Å². The normalized spacial score (nSPS) is 39.0. The lowest BCUT2D eigenvalue weighted by Crippen LogP contribution is -2.63. The highest BCUT2D eigenvalue weighted by Crippen LogP contribution is 2.63. The molecule has 2 saturated heterocycles. The molecule has 0 radical (unpaired) electrons. The second-order valence-electron chi connectivity index (χ2n) is 10.6. The topological polar surface area (TPSA) is 55.8 Å². The number of Topliss-reactive ketones (excluding diaryl/α,β-unsaturated/α-hetero) is 1. The Balaban J connectivity index is 1.53. The molecular formula is C26H32F3NO4. The van der Waals surface area contributed by atoms with E-state index in [1.54, 1.807) is 6.07 Å². The summed E-state index contributed by atoms with van der Waals surface area (Å²) < 4.78 is 54.1. The maximum atomic E-state index is 14.5. The van der Waals surface area contributed by atoms with Crippen LogP contribution in [0.5, 0.6) is 0 Å². The molecule has 1 unspecified atom stereocenters. The smallest absolute Gasteiger partial charge is 0.432 e. The van der Waals surface area contributed by atoms with E-state index in [0.29, 0.717) is 0 Å². The second-order valence-corrected chi connectivity index (χ2v) is 10.6. The first-order valence-corrected chi connectivity index (χ1v) is 12.3. The summed E-state index contributed by atoms with van der Waals surface area (Å²) in [5.74, 6) is -1.77. The molecule has 1 aromatic rings. The summed E-state index contributed by atoms with van der Waals surface area (Å²) in [6, 6.07) is 7.15. The number of esters is 1. The summed E-state index contributed by atoms with van der Waals surface area (Å²) in [5, 5.41) is 0. The van der Waals surface area contributed by atoms with E-state index in [0.717, 1.165) is 52.3 Å². The minimum absolute atomic E-state index is 0.0922. The number of piperidine rings is 1. The van der Waals surface area contributed by atoms with Gasteiger partial charge in [-0.25, -0.2) is 4.79 Å². The average Bonchev–Trinajstić information content (AvgIpc) is 3.02. The zero-order valence-electron chi connectivity index (χ0n) is 19.6. The van der Waals surface area contributed by atoms with Gasteiger partial charge in [-0.05, 0) is 51.1 Å². The molecule has 4 fully saturated rings. The number of hydrogen-bond acceptors (Lipinski definition) is 5. The van der Waals surface area contributed by atoms with Gasteiger partial charge in [0.15, 0.2) is 0 Å². The second kappa shape index (κ2) is 8.33. The Morgan fingerprint density at radius 2 is 1.85 bits per heavy atom. The summed E-state index contributed by atoms with van der Waals surface area (Å²) in [5.41, 5.74) is -3.84. The molecule has 8 heteroatoms. The van der Waals surface area contributed by atoms with Crippen LogP contribution < -0.4 is 0 Å². The summed E-state index contributed by atoms with van der Waals surface area (Å²) in [6.45, 7) is 3.88. The van der Waals surface area contributed by atoms with E-state index in [2.05, 4.69) is 4.90 Å². The summed E-state index contributed by atoms with van der Waals surface area (Å²) in [6.07, 6.45) is -1.19. The fourth-order valence-electron chi connectivity index (χ4n) is 7.86. The van der Waals surface area contributed by atoms with E-state index in [1.807, 2.05) is 6.92 Å². The molecule has 5 nitrogen and oxygen atoms in total. The Labute approximate surface area is 198 Å². The Morgan fingerprint density at radius 3 is 2.53 bits per heavy atom. The molecule has 2 aliphatic heterocycles. The maximum Gasteiger partial charge on any atom is 0.432 e. The van der Waals surface area contributed by atoms with Crippen molar-refractivity contribution in [1.29, 1.82) is 0 Å². The van der Waals surface area contributed by atoms with E-state index in [-0.39, 0.29) is 47.0 Å². The molecule has 2 bridgehead atoms. The van der Waals surface area contributed by atoms with Crippen LogP contribution in [0.3, 0.4) is 0 Å². The molecule has 0 aromatic heterocycles. The SMILES string of the molecule is CO[C@@](C(=O)O[C@@H]1[C@H]2CC(=O)[C@H]3CCCN4CCC[C@@]32[C@@H]4C[C@@H]1C)(c1ccccc1)C(F)(F)F. The van der Waals surface area contributed by atoms with Crippen molar-refractivity contribution >= 4 is 11.8 Å². The summed E-state index contributed by atoms with van der Waals surface area (Å²) in [7, 11) is 0.889. The summed E-state index contributed by atoms with van der Waals surface area (Å²) in [4.78, 5) is 29.1. The number of hydrogen-bond donors (Lipinski definition) is 0. The zero-order valence-corrected chi connectivity index (χ0v) is 19.6. The lowest BCUT2D eigenvalue weighted by Gasteiger charge is -2.58. The predicted molar refractivity (Wildman–Crippen MR) is 118 cm³/mol. The van der Waals surface area contributed by atoms with Crippen molar-refractivity contribution in [2.24, 2.45) is 23.2 Å². The Morgan fingerprint density at radius 1 is 1.15 bits per heavy atom. The van der Waals surface area contributed by atoms with Crippen molar-refractivity contribution in [3.8, 4) is 0 Å². The van der Waals surface area contributed by atoms with Gasteiger partial charge in [0.05, 0.1) is 0 Å². The quantitative estimate of drug-likeness (QED) is 0.596. The van der Waals surface area contributed by atoms with Gasteiger partial charge < -0.3 is 9.47 Å². The first-order valence-electron chi connectivity index (χ1n) is 12.3. The third-order valence-electron chi connectivity index (χ3n) is 9.17. The zero-order chi connectivity index (χ0) is 24.3. The van der Waals surface area contributed by atoms with E-state index in [4.69, 9.17) is 9.47 Å². The number of methoxy groups -OCH3 is 1. The lowest BCUT2D eigenvalue weighted by molar-refractivity contribution is -0.282. The number of carbonyl (C=O) groups excluding carboxylic acids is 2. The number of ether oxygens (including phenoxy) is 2. The Kier molecular flexibility index (Phi) is 5.83. The highest BCUT2D eigenvalue weighted by atomic mass is 19.4. The van der Waals surface area contributed by atoms with Crippen LogP contribution >= 0.6 is 0 Å². The van der Waals surface area contributed by atoms with Gasteiger partial charge in [-0.15, -0.1) is 0 Å². The van der Waals surface area contributed by atoms with Gasteiger partial charge in [0.25, 0.3) is 5.60 Å². The molecule has 34 heavy (non-hydrogen) atoms. The minimum Gasteiger partial charge on any atom is -0.459 e. The van der Waals surface area contributed by atoms with Gasteiger partial charge in [-0.1, -0.05) is 37.3 Å². The van der Waals surface area contributed by atoms with Crippen molar-refractivity contribution in [2.45, 2.75) is 69.4 Å². The van der Waals surface area contributed by atoms with Gasteiger partial charge in [0, 0.05) is 42.4 Å². The van der Waals surface area contributed by atoms with Crippen molar-refractivity contribution in [1.82, 2.24) is 4.90 Å². The van der Waals surface area contributed by atoms with Crippen LogP contribution in [0, 0.1) is 23.2 Å². The highest BCUT2D eigenvalue weighted by Gasteiger charge is 2.69. The highest BCUT2D eigenvalue weighted by molar-refractivity contribution is 5.86. The first kappa shape index (κ1) is 23.8. The fraction of sp³-hybridized carbons (Fsp3) is 0.692. The lowest BCUT2D eigenvalue weighted by atomic mass is 9.54. The van der Waals surface area contributed by atoms with E-state index < -0.39 is 23.9 Å². The molecule has 5 rings (SSSR count). The van der Waals surface area contributed by atoms with Crippen molar-refractivity contribution < 1.29 is 32.2 Å². The first-order chi connectivity index (χ1) is 16.2. The van der Waals surface area contributed by atoms with Crippen LogP contribution in [0.15, 0.2) is 30.3 Å². The van der Waals surface area contributed by atoms with Crippen LogP contribution in [-0.2, 0) is 24.7 Å². The van der Waals surface area contributed by atoms with Crippen LogP contribution in [0.1, 0.15) is 51.0 Å². The maximum absolute atomic E-state index is 14.5. The van der Waals surface area contributed by atoms with Gasteiger partial charge in [0.1, 0.15) is 11.9 Å². The van der Waals surface area contributed by atoms with Crippen molar-refractivity contribution in [2.75, 3.05) is 20.2 Å². The molecule has 0 amide bonds. The van der Waals surface area contributed by atoms with Crippen molar-refractivity contribution in [3.05, 3.63) is 35.9 Å². The van der Waals surface area contributed by atoms with Crippen LogP contribution in [0.25, 0.3) is 0 Å². The van der Waals surface area contributed by atoms with Gasteiger partial charge in [-0.3, -0.25) is 9.69 Å². The molecule has 186 valence electrons. The predicted octanol–water partition coefficient (Wildman–Crippen LogP) is 4.49. The van der Waals surface area contributed by atoms with Crippen LogP contribution in [-0.4, -0.2) is 55.2 Å². The average molecular weight is 480 g/mol. The largest absolute Gasteiger partial charge is 0.459 e. The molecule has 8 atom stereocenters. The number of rotatable bonds is 4. The molecule has 0 N–H and O–H groups in total. The number of alkyl halides is 3. The third kappa shape index (κ3) is 3.20. The fourth-order valence-corrected chi connectivity index (χ4v) is 7.86. The number of carbonyl (C=O) groups is 2. The Bertz CT molecular complexity index is 953. The Hall–Kier alpha value is -1.93. The van der Waals surface area contributed by atoms with Gasteiger partial charge in [-0.2, -0.15) is 13.2 Å². The monoisotopic (exact) mass is 479 g/mol. The molecular weight excluding hydrogens is 447 g/mol. The number of benzene rings is 1. The number of ketones is 1. The molecule has 2 heterocycles. The van der Waals surface area contributed by atoms with Crippen LogP contribution in [0.4, 0.5) is 13.2 Å². The molecule has 4 aliphatic rings.